The molecule has 5 heteroatoms. The van der Waals surface area contributed by atoms with Crippen LogP contribution in [0, 0.1) is 5.92 Å². The third-order valence-electron chi connectivity index (χ3n) is 2.94. The van der Waals surface area contributed by atoms with E-state index in [1.807, 2.05) is 30.6 Å². The first kappa shape index (κ1) is 12.6. The van der Waals surface area contributed by atoms with Crippen molar-refractivity contribution in [2.75, 3.05) is 14.1 Å². The summed E-state index contributed by atoms with van der Waals surface area (Å²) in [5.41, 5.74) is 1.40. The molecular formula is C12H18ClN3O. The maximum atomic E-state index is 12.0. The molecular weight excluding hydrogens is 238 g/mol. The Labute approximate surface area is 107 Å². The molecule has 0 amide bonds. The lowest BCUT2D eigenvalue weighted by molar-refractivity contribution is 0.0962. The van der Waals surface area contributed by atoms with E-state index in [0.29, 0.717) is 17.3 Å². The molecule has 0 aliphatic heterocycles. The van der Waals surface area contributed by atoms with Crippen LogP contribution in [-0.4, -0.2) is 34.6 Å². The lowest BCUT2D eigenvalue weighted by Crippen LogP contribution is -2.15. The van der Waals surface area contributed by atoms with Gasteiger partial charge in [0, 0.05) is 19.0 Å². The fourth-order valence-electron chi connectivity index (χ4n) is 1.88. The average molecular weight is 256 g/mol. The maximum Gasteiger partial charge on any atom is 0.187 e. The van der Waals surface area contributed by atoms with Crippen LogP contribution in [0.3, 0.4) is 0 Å². The molecule has 94 valence electrons. The van der Waals surface area contributed by atoms with Gasteiger partial charge in [0.2, 0.25) is 0 Å². The van der Waals surface area contributed by atoms with Gasteiger partial charge in [0.25, 0.3) is 0 Å². The molecule has 4 nitrogen and oxygen atoms in total. The van der Waals surface area contributed by atoms with Crippen LogP contribution in [0.1, 0.15) is 35.9 Å². The highest BCUT2D eigenvalue weighted by atomic mass is 35.5. The number of rotatable bonds is 5. The largest absolute Gasteiger partial charge is 0.304 e. The Kier molecular flexibility index (Phi) is 3.54. The van der Waals surface area contributed by atoms with Crippen LogP contribution in [0.2, 0.25) is 5.02 Å². The second-order valence-electron chi connectivity index (χ2n) is 4.80. The van der Waals surface area contributed by atoms with Gasteiger partial charge in [0.1, 0.15) is 5.69 Å². The summed E-state index contributed by atoms with van der Waals surface area (Å²) in [7, 11) is 3.96. The Hall–Kier alpha value is -0.870. The fourth-order valence-corrected chi connectivity index (χ4v) is 2.17. The van der Waals surface area contributed by atoms with E-state index in [4.69, 9.17) is 11.6 Å². The van der Waals surface area contributed by atoms with Gasteiger partial charge in [-0.1, -0.05) is 11.6 Å². The van der Waals surface area contributed by atoms with Crippen molar-refractivity contribution in [3.05, 3.63) is 16.4 Å². The van der Waals surface area contributed by atoms with Crippen LogP contribution >= 0.6 is 11.6 Å². The molecule has 0 radical (unpaired) electrons. The van der Waals surface area contributed by atoms with E-state index >= 15 is 0 Å². The smallest absolute Gasteiger partial charge is 0.187 e. The van der Waals surface area contributed by atoms with Crippen molar-refractivity contribution in [2.45, 2.75) is 32.9 Å². The van der Waals surface area contributed by atoms with Crippen molar-refractivity contribution in [3.63, 3.8) is 0 Å². The highest BCUT2D eigenvalue weighted by Crippen LogP contribution is 2.35. The van der Waals surface area contributed by atoms with E-state index in [1.165, 1.54) is 0 Å². The van der Waals surface area contributed by atoms with Crippen LogP contribution in [-0.2, 0) is 13.1 Å². The van der Waals surface area contributed by atoms with E-state index in [9.17, 15) is 4.79 Å². The SMILES string of the molecule is CCn1nc(C(=O)C2CC2)c(Cl)c1CN(C)C. The zero-order valence-corrected chi connectivity index (χ0v) is 11.3. The van der Waals surface area contributed by atoms with Gasteiger partial charge in [0.05, 0.1) is 10.7 Å². The van der Waals surface area contributed by atoms with Crippen molar-refractivity contribution < 1.29 is 4.79 Å². The Morgan fingerprint density at radius 1 is 1.53 bits per heavy atom. The van der Waals surface area contributed by atoms with Gasteiger partial charge in [-0.15, -0.1) is 0 Å². The molecule has 1 saturated carbocycles. The van der Waals surface area contributed by atoms with Crippen LogP contribution < -0.4 is 0 Å². The minimum Gasteiger partial charge on any atom is -0.304 e. The summed E-state index contributed by atoms with van der Waals surface area (Å²) in [6.07, 6.45) is 1.97. The van der Waals surface area contributed by atoms with Crippen molar-refractivity contribution in [2.24, 2.45) is 5.92 Å². The topological polar surface area (TPSA) is 38.1 Å². The second kappa shape index (κ2) is 4.78. The molecule has 1 aromatic rings. The van der Waals surface area contributed by atoms with Crippen LogP contribution in [0.5, 0.6) is 0 Å². The quantitative estimate of drug-likeness (QED) is 0.758. The number of hydrogen-bond acceptors (Lipinski definition) is 3. The number of aromatic nitrogens is 2. The standard InChI is InChI=1S/C12H18ClN3O/c1-4-16-9(7-15(2)3)10(13)11(14-16)12(17)8-5-6-8/h8H,4-7H2,1-3H3. The number of Topliss-reactive ketones (excluding diaryl/α,β-unsaturated/α-hetero) is 1. The zero-order valence-electron chi connectivity index (χ0n) is 10.5. The van der Waals surface area contributed by atoms with Gasteiger partial charge in [-0.3, -0.25) is 9.48 Å². The van der Waals surface area contributed by atoms with E-state index in [2.05, 4.69) is 5.10 Å². The molecule has 0 N–H and O–H groups in total. The summed E-state index contributed by atoms with van der Waals surface area (Å²) in [5, 5.41) is 4.89. The van der Waals surface area contributed by atoms with Crippen molar-refractivity contribution in [1.82, 2.24) is 14.7 Å². The van der Waals surface area contributed by atoms with E-state index in [1.54, 1.807) is 0 Å². The monoisotopic (exact) mass is 255 g/mol. The van der Waals surface area contributed by atoms with Gasteiger partial charge in [-0.05, 0) is 33.9 Å². The van der Waals surface area contributed by atoms with Gasteiger partial charge < -0.3 is 4.90 Å². The summed E-state index contributed by atoms with van der Waals surface area (Å²) in [5.74, 6) is 0.280. The van der Waals surface area contributed by atoms with Crippen molar-refractivity contribution >= 4 is 17.4 Å². The minimum absolute atomic E-state index is 0.113. The number of carbonyl (C=O) groups excluding carboxylic acids is 1. The van der Waals surface area contributed by atoms with Crippen LogP contribution in [0.15, 0.2) is 0 Å². The Balaban J connectivity index is 2.33. The number of nitrogens with zero attached hydrogens (tertiary/aromatic N) is 3. The molecule has 1 fully saturated rings. The number of hydrogen-bond donors (Lipinski definition) is 0. The van der Waals surface area contributed by atoms with Gasteiger partial charge >= 0.3 is 0 Å². The summed E-state index contributed by atoms with van der Waals surface area (Å²) < 4.78 is 1.83. The fraction of sp³-hybridized carbons (Fsp3) is 0.667. The molecule has 1 aliphatic rings. The average Bonchev–Trinajstić information content (AvgIpc) is 3.06. The molecule has 1 aliphatic carbocycles. The normalized spacial score (nSPS) is 15.6. The first-order valence-electron chi connectivity index (χ1n) is 5.98. The summed E-state index contributed by atoms with van der Waals surface area (Å²) >= 11 is 6.29. The molecule has 0 bridgehead atoms. The number of carbonyl (C=O) groups is 1. The molecule has 0 unspecified atom stereocenters. The number of ketones is 1. The molecule has 0 saturated heterocycles. The lowest BCUT2D eigenvalue weighted by Gasteiger charge is -2.11. The van der Waals surface area contributed by atoms with Crippen molar-refractivity contribution in [3.8, 4) is 0 Å². The maximum absolute atomic E-state index is 12.0. The predicted octanol–water partition coefficient (Wildman–Crippen LogP) is 2.21. The van der Waals surface area contributed by atoms with Gasteiger partial charge in [-0.25, -0.2) is 0 Å². The van der Waals surface area contributed by atoms with Crippen LogP contribution in [0.4, 0.5) is 0 Å². The Bertz CT molecular complexity index is 435. The highest BCUT2D eigenvalue weighted by Gasteiger charge is 2.34. The molecule has 0 spiro atoms. The van der Waals surface area contributed by atoms with E-state index in [-0.39, 0.29) is 11.7 Å². The minimum atomic E-state index is 0.113. The Morgan fingerprint density at radius 2 is 2.18 bits per heavy atom. The number of aryl methyl sites for hydroxylation is 1. The molecule has 2 rings (SSSR count). The molecule has 0 atom stereocenters. The lowest BCUT2D eigenvalue weighted by atomic mass is 10.2. The third kappa shape index (κ3) is 2.53. The van der Waals surface area contributed by atoms with E-state index in [0.717, 1.165) is 25.1 Å². The van der Waals surface area contributed by atoms with Gasteiger partial charge in [-0.2, -0.15) is 5.10 Å². The third-order valence-corrected chi connectivity index (χ3v) is 3.34. The van der Waals surface area contributed by atoms with Gasteiger partial charge in [0.15, 0.2) is 5.78 Å². The van der Waals surface area contributed by atoms with Crippen molar-refractivity contribution in [1.29, 1.82) is 0 Å². The summed E-state index contributed by atoms with van der Waals surface area (Å²) in [4.78, 5) is 14.0. The zero-order chi connectivity index (χ0) is 12.6. The molecule has 0 aromatic carbocycles. The highest BCUT2D eigenvalue weighted by molar-refractivity contribution is 6.34. The molecule has 1 aromatic heterocycles. The first-order chi connectivity index (χ1) is 8.04. The Morgan fingerprint density at radius 3 is 2.65 bits per heavy atom. The first-order valence-corrected chi connectivity index (χ1v) is 6.36. The predicted molar refractivity (Wildman–Crippen MR) is 67.4 cm³/mol. The second-order valence-corrected chi connectivity index (χ2v) is 5.18. The summed E-state index contributed by atoms with van der Waals surface area (Å²) in [6, 6.07) is 0. The number of halogens is 1. The van der Waals surface area contributed by atoms with Crippen LogP contribution in [0.25, 0.3) is 0 Å². The molecule has 1 heterocycles. The summed E-state index contributed by atoms with van der Waals surface area (Å²) in [6.45, 7) is 3.45. The molecule has 17 heavy (non-hydrogen) atoms. The van der Waals surface area contributed by atoms with E-state index < -0.39 is 0 Å².